The molecule has 0 spiro atoms. The molecule has 16 heavy (non-hydrogen) atoms. The normalized spacial score (nSPS) is 20.8. The molecule has 1 saturated heterocycles. The van der Waals surface area contributed by atoms with Crippen LogP contribution in [0.5, 0.6) is 0 Å². The molecule has 0 aliphatic carbocycles. The lowest BCUT2D eigenvalue weighted by Crippen LogP contribution is -2.33. The summed E-state index contributed by atoms with van der Waals surface area (Å²) in [6.45, 7) is 5.62. The van der Waals surface area contributed by atoms with E-state index < -0.39 is 0 Å². The van der Waals surface area contributed by atoms with Crippen LogP contribution >= 0.6 is 0 Å². The Morgan fingerprint density at radius 2 is 2.31 bits per heavy atom. The predicted octanol–water partition coefficient (Wildman–Crippen LogP) is 1.24. The van der Waals surface area contributed by atoms with Crippen molar-refractivity contribution in [1.82, 2.24) is 9.47 Å². The smallest absolute Gasteiger partial charge is 0.270 e. The quantitative estimate of drug-likeness (QED) is 0.817. The number of rotatable bonds is 2. The van der Waals surface area contributed by atoms with Crippen LogP contribution in [0.3, 0.4) is 0 Å². The van der Waals surface area contributed by atoms with E-state index in [4.69, 9.17) is 5.73 Å². The zero-order chi connectivity index (χ0) is 11.7. The van der Waals surface area contributed by atoms with Crippen LogP contribution in [0.25, 0.3) is 0 Å². The Hall–Kier alpha value is -1.29. The summed E-state index contributed by atoms with van der Waals surface area (Å²) in [5, 5.41) is 0. The zero-order valence-corrected chi connectivity index (χ0v) is 9.89. The largest absolute Gasteiger partial charge is 0.341 e. The van der Waals surface area contributed by atoms with Crippen LogP contribution in [-0.4, -0.2) is 34.5 Å². The van der Waals surface area contributed by atoms with Gasteiger partial charge in [-0.2, -0.15) is 0 Å². The number of amides is 1. The highest BCUT2D eigenvalue weighted by molar-refractivity contribution is 5.93. The number of nitrogens with two attached hydrogens (primary N) is 1. The summed E-state index contributed by atoms with van der Waals surface area (Å²) >= 11 is 0. The Labute approximate surface area is 96.0 Å². The summed E-state index contributed by atoms with van der Waals surface area (Å²) in [5.41, 5.74) is 6.58. The van der Waals surface area contributed by atoms with Crippen molar-refractivity contribution in [2.45, 2.75) is 32.4 Å². The molecule has 1 amide bonds. The maximum absolute atomic E-state index is 12.2. The van der Waals surface area contributed by atoms with Gasteiger partial charge < -0.3 is 15.2 Å². The second-order valence-electron chi connectivity index (χ2n) is 4.69. The van der Waals surface area contributed by atoms with Crippen molar-refractivity contribution in [3.05, 3.63) is 24.0 Å². The first-order chi connectivity index (χ1) is 7.59. The van der Waals surface area contributed by atoms with Crippen LogP contribution in [0.1, 0.15) is 36.8 Å². The molecule has 2 rings (SSSR count). The molecule has 0 bridgehead atoms. The molecule has 1 aromatic rings. The molecule has 88 valence electrons. The lowest BCUT2D eigenvalue weighted by molar-refractivity contribution is 0.0778. The first-order valence-corrected chi connectivity index (χ1v) is 5.81. The van der Waals surface area contributed by atoms with E-state index in [1.54, 1.807) is 0 Å². The highest BCUT2D eigenvalue weighted by Gasteiger charge is 2.26. The van der Waals surface area contributed by atoms with Gasteiger partial charge in [0.05, 0.1) is 0 Å². The zero-order valence-electron chi connectivity index (χ0n) is 9.89. The fourth-order valence-corrected chi connectivity index (χ4v) is 2.16. The molecular formula is C12H19N3O. The van der Waals surface area contributed by atoms with E-state index in [1.165, 1.54) is 0 Å². The Balaban J connectivity index is 2.17. The number of carbonyl (C=O) groups is 1. The van der Waals surface area contributed by atoms with E-state index >= 15 is 0 Å². The number of carbonyl (C=O) groups excluding carboxylic acids is 1. The summed E-state index contributed by atoms with van der Waals surface area (Å²) in [5.74, 6) is 0.103. The lowest BCUT2D eigenvalue weighted by atomic mass is 10.3. The minimum atomic E-state index is 0.103. The first kappa shape index (κ1) is 11.2. The van der Waals surface area contributed by atoms with E-state index in [1.807, 2.05) is 27.8 Å². The van der Waals surface area contributed by atoms with Gasteiger partial charge in [-0.1, -0.05) is 0 Å². The van der Waals surface area contributed by atoms with Gasteiger partial charge in [0.1, 0.15) is 5.69 Å². The monoisotopic (exact) mass is 221 g/mol. The van der Waals surface area contributed by atoms with Crippen LogP contribution in [0, 0.1) is 0 Å². The Kier molecular flexibility index (Phi) is 3.01. The second kappa shape index (κ2) is 4.29. The van der Waals surface area contributed by atoms with Crippen LogP contribution in [0.4, 0.5) is 0 Å². The van der Waals surface area contributed by atoms with Crippen molar-refractivity contribution in [1.29, 1.82) is 0 Å². The van der Waals surface area contributed by atoms with Crippen molar-refractivity contribution in [3.63, 3.8) is 0 Å². The van der Waals surface area contributed by atoms with Gasteiger partial charge in [-0.3, -0.25) is 4.79 Å². The lowest BCUT2D eigenvalue weighted by Gasteiger charge is -2.18. The topological polar surface area (TPSA) is 51.3 Å². The second-order valence-corrected chi connectivity index (χ2v) is 4.69. The fourth-order valence-electron chi connectivity index (χ4n) is 2.16. The Bertz CT molecular complexity index is 383. The molecular weight excluding hydrogens is 202 g/mol. The van der Waals surface area contributed by atoms with E-state index in [2.05, 4.69) is 13.8 Å². The third-order valence-corrected chi connectivity index (χ3v) is 3.07. The van der Waals surface area contributed by atoms with Crippen molar-refractivity contribution < 1.29 is 4.79 Å². The van der Waals surface area contributed by atoms with Gasteiger partial charge in [0.15, 0.2) is 0 Å². The minimum absolute atomic E-state index is 0.103. The molecule has 0 radical (unpaired) electrons. The van der Waals surface area contributed by atoms with Crippen LogP contribution in [-0.2, 0) is 0 Å². The van der Waals surface area contributed by atoms with Gasteiger partial charge in [-0.15, -0.1) is 0 Å². The molecule has 1 aliphatic heterocycles. The Morgan fingerprint density at radius 1 is 1.56 bits per heavy atom. The van der Waals surface area contributed by atoms with Gasteiger partial charge in [0, 0.05) is 31.4 Å². The average Bonchev–Trinajstić information content (AvgIpc) is 2.84. The van der Waals surface area contributed by atoms with Gasteiger partial charge in [0.2, 0.25) is 0 Å². The maximum Gasteiger partial charge on any atom is 0.270 e. The van der Waals surface area contributed by atoms with Crippen LogP contribution in [0.2, 0.25) is 0 Å². The third-order valence-electron chi connectivity index (χ3n) is 3.07. The van der Waals surface area contributed by atoms with Gasteiger partial charge in [-0.05, 0) is 32.4 Å². The van der Waals surface area contributed by atoms with Crippen molar-refractivity contribution in [2.24, 2.45) is 5.73 Å². The maximum atomic E-state index is 12.2. The van der Waals surface area contributed by atoms with E-state index in [9.17, 15) is 4.79 Å². The average molecular weight is 221 g/mol. The third kappa shape index (κ3) is 1.97. The summed E-state index contributed by atoms with van der Waals surface area (Å²) in [6, 6.07) is 4.26. The molecule has 0 unspecified atom stereocenters. The minimum Gasteiger partial charge on any atom is -0.341 e. The molecule has 1 aliphatic rings. The van der Waals surface area contributed by atoms with Crippen LogP contribution in [0.15, 0.2) is 18.3 Å². The standard InChI is InChI=1S/C12H19N3O/c1-9(2)15-6-3-4-11(15)12(16)14-7-5-10(13)8-14/h3-4,6,9-10H,5,7-8,13H2,1-2H3/t10-/m0/s1. The Morgan fingerprint density at radius 3 is 2.88 bits per heavy atom. The fraction of sp³-hybridized carbons (Fsp3) is 0.583. The number of hydrogen-bond donors (Lipinski definition) is 1. The van der Waals surface area contributed by atoms with E-state index in [0.717, 1.165) is 18.7 Å². The summed E-state index contributed by atoms with van der Waals surface area (Å²) in [4.78, 5) is 14.1. The predicted molar refractivity (Wildman–Crippen MR) is 63.3 cm³/mol. The van der Waals surface area contributed by atoms with Crippen molar-refractivity contribution >= 4 is 5.91 Å². The van der Waals surface area contributed by atoms with Crippen LogP contribution < -0.4 is 5.73 Å². The van der Waals surface area contributed by atoms with Gasteiger partial charge in [0.25, 0.3) is 5.91 Å². The summed E-state index contributed by atoms with van der Waals surface area (Å²) < 4.78 is 2.01. The van der Waals surface area contributed by atoms with Gasteiger partial charge >= 0.3 is 0 Å². The molecule has 1 aromatic heterocycles. The molecule has 2 heterocycles. The molecule has 1 fully saturated rings. The number of likely N-dealkylation sites (tertiary alicyclic amines) is 1. The van der Waals surface area contributed by atoms with Crippen molar-refractivity contribution in [3.8, 4) is 0 Å². The van der Waals surface area contributed by atoms with Crippen molar-refractivity contribution in [2.75, 3.05) is 13.1 Å². The highest BCUT2D eigenvalue weighted by atomic mass is 16.2. The molecule has 1 atom stereocenters. The SMILES string of the molecule is CC(C)n1cccc1C(=O)N1CC[C@H](N)C1. The first-order valence-electron chi connectivity index (χ1n) is 5.81. The molecule has 4 nitrogen and oxygen atoms in total. The molecule has 4 heteroatoms. The number of nitrogens with zero attached hydrogens (tertiary/aromatic N) is 2. The summed E-state index contributed by atoms with van der Waals surface area (Å²) in [7, 11) is 0. The number of aromatic nitrogens is 1. The van der Waals surface area contributed by atoms with E-state index in [-0.39, 0.29) is 11.9 Å². The van der Waals surface area contributed by atoms with Gasteiger partial charge in [-0.25, -0.2) is 0 Å². The summed E-state index contributed by atoms with van der Waals surface area (Å²) in [6.07, 6.45) is 2.86. The number of hydrogen-bond acceptors (Lipinski definition) is 2. The molecule has 2 N–H and O–H groups in total. The highest BCUT2D eigenvalue weighted by Crippen LogP contribution is 2.16. The molecule has 0 aromatic carbocycles. The van der Waals surface area contributed by atoms with E-state index in [0.29, 0.717) is 12.6 Å². The molecule has 0 saturated carbocycles.